The van der Waals surface area contributed by atoms with Gasteiger partial charge >= 0.3 is 13.2 Å². The predicted molar refractivity (Wildman–Crippen MR) is 44.9 cm³/mol. The van der Waals surface area contributed by atoms with Gasteiger partial charge in [0.1, 0.15) is 0 Å². The van der Waals surface area contributed by atoms with Crippen LogP contribution in [0.1, 0.15) is 11.1 Å². The van der Waals surface area contributed by atoms with Gasteiger partial charge in [0, 0.05) is 0 Å². The Morgan fingerprint density at radius 2 is 1.60 bits per heavy atom. The van der Waals surface area contributed by atoms with Crippen molar-refractivity contribution in [3.63, 3.8) is 0 Å². The molecule has 0 radical (unpaired) electrons. The van der Waals surface area contributed by atoms with Gasteiger partial charge < -0.3 is 12.9 Å². The van der Waals surface area contributed by atoms with Crippen LogP contribution in [0.2, 0.25) is 0 Å². The summed E-state index contributed by atoms with van der Waals surface area (Å²) >= 11 is 0. The molecule has 0 fully saturated rings. The van der Waals surface area contributed by atoms with E-state index >= 15 is 0 Å². The summed E-state index contributed by atoms with van der Waals surface area (Å²) in [6, 6.07) is 1.61. The maximum atomic E-state index is 12.3. The van der Waals surface area contributed by atoms with Gasteiger partial charge in [-0.25, -0.2) is 0 Å². The second-order valence-electron chi connectivity index (χ2n) is 3.14. The van der Waals surface area contributed by atoms with E-state index in [2.05, 4.69) is 0 Å². The molecule has 7 heteroatoms. The zero-order chi connectivity index (χ0) is 11.9. The van der Waals surface area contributed by atoms with Crippen LogP contribution >= 0.6 is 0 Å². The number of hydrogen-bond donors (Lipinski definition) is 0. The largest absolute Gasteiger partial charge is 0.509 e. The Balaban J connectivity index is 3.30. The number of rotatable bonds is 1. The standard InChI is InChI=1S/C8H6BF6/c1-5-2-3-6(8(10,11)12)4-7(5)9(13,14)15/h2-4H,1H3/q-1. The average Bonchev–Trinajstić information content (AvgIpc) is 2.00. The van der Waals surface area contributed by atoms with Crippen LogP contribution in [0.3, 0.4) is 0 Å². The SMILES string of the molecule is Cc1ccc(C(F)(F)F)cc1[B-](F)(F)F. The fourth-order valence-corrected chi connectivity index (χ4v) is 1.17. The van der Waals surface area contributed by atoms with Gasteiger partial charge in [-0.05, 0) is 13.0 Å². The van der Waals surface area contributed by atoms with E-state index in [9.17, 15) is 26.1 Å². The molecule has 0 bridgehead atoms. The van der Waals surface area contributed by atoms with Gasteiger partial charge in [0.25, 0.3) is 0 Å². The third-order valence-corrected chi connectivity index (χ3v) is 1.96. The first-order valence-electron chi connectivity index (χ1n) is 4.00. The van der Waals surface area contributed by atoms with Crippen LogP contribution in [0.4, 0.5) is 26.1 Å². The molecule has 0 unspecified atom stereocenters. The van der Waals surface area contributed by atoms with Crippen LogP contribution in [-0.2, 0) is 6.18 Å². The van der Waals surface area contributed by atoms with Gasteiger partial charge in [0.05, 0.1) is 5.56 Å². The van der Waals surface area contributed by atoms with Crippen LogP contribution in [0.15, 0.2) is 18.2 Å². The smallest absolute Gasteiger partial charge is 0.445 e. The number of hydrogen-bond acceptors (Lipinski definition) is 0. The summed E-state index contributed by atoms with van der Waals surface area (Å²) in [6.07, 6.45) is -4.75. The fraction of sp³-hybridized carbons (Fsp3) is 0.250. The van der Waals surface area contributed by atoms with Crippen molar-refractivity contribution in [3.8, 4) is 0 Å². The van der Waals surface area contributed by atoms with Crippen molar-refractivity contribution in [2.75, 3.05) is 0 Å². The Hall–Kier alpha value is -1.14. The number of halogens is 6. The van der Waals surface area contributed by atoms with E-state index in [0.717, 1.165) is 13.0 Å². The summed E-state index contributed by atoms with van der Waals surface area (Å²) in [4.78, 5) is 0. The zero-order valence-electron chi connectivity index (χ0n) is 7.58. The van der Waals surface area contributed by atoms with Gasteiger partial charge in [-0.3, -0.25) is 0 Å². The van der Waals surface area contributed by atoms with Crippen molar-refractivity contribution >= 4 is 12.4 Å². The van der Waals surface area contributed by atoms with E-state index in [-0.39, 0.29) is 11.6 Å². The minimum atomic E-state index is -5.40. The Kier molecular flexibility index (Phi) is 2.76. The first-order valence-corrected chi connectivity index (χ1v) is 4.00. The molecule has 0 aromatic heterocycles. The van der Waals surface area contributed by atoms with E-state index in [4.69, 9.17) is 0 Å². The highest BCUT2D eigenvalue weighted by atomic mass is 19.4. The Labute approximate surface area is 82.0 Å². The molecular weight excluding hydrogens is 221 g/mol. The van der Waals surface area contributed by atoms with Gasteiger partial charge in [-0.15, -0.1) is 5.46 Å². The van der Waals surface area contributed by atoms with Crippen molar-refractivity contribution < 1.29 is 26.1 Å². The molecule has 84 valence electrons. The molecule has 0 atom stereocenters. The van der Waals surface area contributed by atoms with Crippen molar-refractivity contribution in [2.24, 2.45) is 0 Å². The van der Waals surface area contributed by atoms with Crippen molar-refractivity contribution in [1.82, 2.24) is 0 Å². The molecule has 0 saturated carbocycles. The van der Waals surface area contributed by atoms with E-state index < -0.39 is 24.2 Å². The van der Waals surface area contributed by atoms with Crippen molar-refractivity contribution in [3.05, 3.63) is 29.3 Å². The van der Waals surface area contributed by atoms with Crippen LogP contribution in [-0.4, -0.2) is 6.98 Å². The molecule has 0 aliphatic heterocycles. The Morgan fingerprint density at radius 1 is 1.07 bits per heavy atom. The lowest BCUT2D eigenvalue weighted by Crippen LogP contribution is -2.36. The Bertz CT molecular complexity index is 364. The third-order valence-electron chi connectivity index (χ3n) is 1.96. The van der Waals surface area contributed by atoms with Crippen molar-refractivity contribution in [1.29, 1.82) is 0 Å². The highest BCUT2D eigenvalue weighted by molar-refractivity contribution is 6.74. The van der Waals surface area contributed by atoms with E-state index in [1.165, 1.54) is 0 Å². The van der Waals surface area contributed by atoms with Crippen LogP contribution < -0.4 is 5.46 Å². The maximum absolute atomic E-state index is 12.3. The molecule has 0 N–H and O–H groups in total. The minimum Gasteiger partial charge on any atom is -0.445 e. The van der Waals surface area contributed by atoms with Crippen LogP contribution in [0.5, 0.6) is 0 Å². The number of aryl methyl sites for hydroxylation is 1. The van der Waals surface area contributed by atoms with E-state index in [0.29, 0.717) is 6.07 Å². The molecule has 1 aromatic carbocycles. The van der Waals surface area contributed by atoms with Gasteiger partial charge in [0.2, 0.25) is 0 Å². The number of alkyl halides is 3. The van der Waals surface area contributed by atoms with E-state index in [1.807, 2.05) is 0 Å². The monoisotopic (exact) mass is 227 g/mol. The topological polar surface area (TPSA) is 0 Å². The molecule has 0 amide bonds. The summed E-state index contributed by atoms with van der Waals surface area (Å²) < 4.78 is 73.3. The predicted octanol–water partition coefficient (Wildman–Crippen LogP) is 3.07. The molecule has 0 spiro atoms. The summed E-state index contributed by atoms with van der Waals surface area (Å²) in [5, 5.41) is 0. The molecule has 0 aliphatic carbocycles. The summed E-state index contributed by atoms with van der Waals surface area (Å²) in [5.74, 6) is 0. The third kappa shape index (κ3) is 2.67. The molecule has 1 aromatic rings. The second-order valence-corrected chi connectivity index (χ2v) is 3.14. The Morgan fingerprint density at radius 3 is 2.00 bits per heavy atom. The van der Waals surface area contributed by atoms with E-state index in [1.54, 1.807) is 0 Å². The van der Waals surface area contributed by atoms with Crippen LogP contribution in [0.25, 0.3) is 0 Å². The lowest BCUT2D eigenvalue weighted by atomic mass is 9.76. The lowest BCUT2D eigenvalue weighted by Gasteiger charge is -2.19. The highest BCUT2D eigenvalue weighted by Gasteiger charge is 2.34. The van der Waals surface area contributed by atoms with Gasteiger partial charge in [0.15, 0.2) is 0 Å². The quantitative estimate of drug-likeness (QED) is 0.510. The summed E-state index contributed by atoms with van der Waals surface area (Å²) in [5.41, 5.74) is -2.66. The number of benzene rings is 1. The molecule has 15 heavy (non-hydrogen) atoms. The van der Waals surface area contributed by atoms with Crippen molar-refractivity contribution in [2.45, 2.75) is 13.1 Å². The highest BCUT2D eigenvalue weighted by Crippen LogP contribution is 2.29. The first kappa shape index (κ1) is 11.9. The molecule has 0 nitrogen and oxygen atoms in total. The minimum absolute atomic E-state index is 0.148. The molecule has 0 saturated heterocycles. The molecule has 0 aliphatic rings. The molecular formula is C8H6BF6-. The molecule has 0 heterocycles. The summed E-state index contributed by atoms with van der Waals surface area (Å²) in [7, 11) is 0. The first-order chi connectivity index (χ1) is 6.62. The normalized spacial score (nSPS) is 13.0. The average molecular weight is 227 g/mol. The van der Waals surface area contributed by atoms with Gasteiger partial charge in [-0.2, -0.15) is 13.2 Å². The summed E-state index contributed by atoms with van der Waals surface area (Å²) in [6.45, 7) is -4.27. The van der Waals surface area contributed by atoms with Gasteiger partial charge in [-0.1, -0.05) is 17.7 Å². The fourth-order valence-electron chi connectivity index (χ4n) is 1.17. The lowest BCUT2D eigenvalue weighted by molar-refractivity contribution is -0.137. The van der Waals surface area contributed by atoms with Crippen LogP contribution in [0, 0.1) is 6.92 Å². The molecule has 1 rings (SSSR count). The zero-order valence-corrected chi connectivity index (χ0v) is 7.58. The second kappa shape index (κ2) is 3.46. The maximum Gasteiger partial charge on any atom is 0.509 e.